The Labute approximate surface area is 164 Å². The van der Waals surface area contributed by atoms with Crippen molar-refractivity contribution in [3.05, 3.63) is 53.9 Å². The monoisotopic (exact) mass is 378 g/mol. The number of aromatic nitrogens is 3. The topological polar surface area (TPSA) is 69.0 Å². The van der Waals surface area contributed by atoms with Crippen molar-refractivity contribution in [1.29, 1.82) is 0 Å². The molecule has 3 aromatic rings. The van der Waals surface area contributed by atoms with Gasteiger partial charge in [-0.25, -0.2) is 4.68 Å². The van der Waals surface area contributed by atoms with E-state index in [9.17, 15) is 4.79 Å². The van der Waals surface area contributed by atoms with Crippen molar-refractivity contribution in [2.75, 3.05) is 7.11 Å². The highest BCUT2D eigenvalue weighted by molar-refractivity contribution is 5.92. The molecule has 1 aromatic heterocycles. The number of hydrogen-bond acceptors (Lipinski definition) is 4. The Balaban J connectivity index is 1.45. The van der Waals surface area contributed by atoms with Crippen LogP contribution in [0.1, 0.15) is 67.2 Å². The predicted octanol–water partition coefficient (Wildman–Crippen LogP) is 4.44. The first-order chi connectivity index (χ1) is 13.6. The summed E-state index contributed by atoms with van der Waals surface area (Å²) in [4.78, 5) is 12.6. The first kappa shape index (κ1) is 18.5. The maximum absolute atomic E-state index is 12.6. The molecule has 0 unspecified atom stereocenters. The van der Waals surface area contributed by atoms with E-state index in [-0.39, 0.29) is 11.9 Å². The van der Waals surface area contributed by atoms with Gasteiger partial charge in [0.15, 0.2) is 5.69 Å². The number of fused-ring (bicyclic) bond motifs is 1. The molecule has 1 aliphatic carbocycles. The van der Waals surface area contributed by atoms with Gasteiger partial charge in [0.1, 0.15) is 5.75 Å². The smallest absolute Gasteiger partial charge is 0.273 e. The third-order valence-corrected chi connectivity index (χ3v) is 5.61. The summed E-state index contributed by atoms with van der Waals surface area (Å²) in [5.74, 6) is 0.645. The minimum Gasteiger partial charge on any atom is -0.497 e. The SMILES string of the molecule is COc1ccc2cc([C@@H](C)NC(=O)c3cn(C4CCCCC4)nn3)ccc2c1. The third-order valence-electron chi connectivity index (χ3n) is 5.61. The first-order valence-corrected chi connectivity index (χ1v) is 9.94. The van der Waals surface area contributed by atoms with Gasteiger partial charge >= 0.3 is 0 Å². The largest absolute Gasteiger partial charge is 0.497 e. The Hall–Kier alpha value is -2.89. The van der Waals surface area contributed by atoms with Gasteiger partial charge in [0.05, 0.1) is 25.4 Å². The number of ether oxygens (including phenoxy) is 1. The molecule has 6 heteroatoms. The average molecular weight is 378 g/mol. The van der Waals surface area contributed by atoms with Crippen molar-refractivity contribution >= 4 is 16.7 Å². The second-order valence-electron chi connectivity index (χ2n) is 7.54. The quantitative estimate of drug-likeness (QED) is 0.713. The fourth-order valence-electron chi connectivity index (χ4n) is 3.90. The Morgan fingerprint density at radius 3 is 2.68 bits per heavy atom. The summed E-state index contributed by atoms with van der Waals surface area (Å²) in [6.07, 6.45) is 7.73. The summed E-state index contributed by atoms with van der Waals surface area (Å²) in [5, 5.41) is 13.5. The summed E-state index contributed by atoms with van der Waals surface area (Å²) in [5.41, 5.74) is 1.42. The molecule has 6 nitrogen and oxygen atoms in total. The third kappa shape index (κ3) is 3.86. The fraction of sp³-hybridized carbons (Fsp3) is 0.409. The maximum atomic E-state index is 12.6. The number of benzene rings is 2. The standard InChI is InChI=1S/C22H26N4O2/c1-15(16-8-9-18-13-20(28-2)11-10-17(18)12-16)23-22(27)21-14-26(25-24-21)19-6-4-3-5-7-19/h8-15,19H,3-7H2,1-2H3,(H,23,27)/t15-/m1/s1. The molecule has 1 N–H and O–H groups in total. The molecule has 28 heavy (non-hydrogen) atoms. The number of nitrogens with zero attached hydrogens (tertiary/aromatic N) is 3. The van der Waals surface area contributed by atoms with Crippen molar-refractivity contribution in [2.24, 2.45) is 0 Å². The summed E-state index contributed by atoms with van der Waals surface area (Å²) in [6.45, 7) is 1.98. The van der Waals surface area contributed by atoms with Gasteiger partial charge in [0.25, 0.3) is 5.91 Å². The average Bonchev–Trinajstić information content (AvgIpc) is 3.24. The normalized spacial score (nSPS) is 16.1. The van der Waals surface area contributed by atoms with Crippen LogP contribution in [-0.2, 0) is 0 Å². The molecule has 1 aliphatic rings. The van der Waals surface area contributed by atoms with Crippen LogP contribution in [0.5, 0.6) is 5.75 Å². The lowest BCUT2D eigenvalue weighted by molar-refractivity contribution is 0.0934. The first-order valence-electron chi connectivity index (χ1n) is 9.94. The Morgan fingerprint density at radius 1 is 1.14 bits per heavy atom. The molecular formula is C22H26N4O2. The highest BCUT2D eigenvalue weighted by atomic mass is 16.5. The van der Waals surface area contributed by atoms with Gasteiger partial charge < -0.3 is 10.1 Å². The van der Waals surface area contributed by atoms with Crippen LogP contribution in [-0.4, -0.2) is 28.0 Å². The lowest BCUT2D eigenvalue weighted by Crippen LogP contribution is -2.27. The van der Waals surface area contributed by atoms with Crippen LogP contribution in [0, 0.1) is 0 Å². The zero-order valence-corrected chi connectivity index (χ0v) is 16.4. The van der Waals surface area contributed by atoms with E-state index in [4.69, 9.17) is 4.74 Å². The van der Waals surface area contributed by atoms with Gasteiger partial charge in [-0.1, -0.05) is 42.7 Å². The molecule has 0 saturated heterocycles. The van der Waals surface area contributed by atoms with Crippen LogP contribution in [0.3, 0.4) is 0 Å². The van der Waals surface area contributed by atoms with Gasteiger partial charge in [0.2, 0.25) is 0 Å². The van der Waals surface area contributed by atoms with Crippen molar-refractivity contribution < 1.29 is 9.53 Å². The maximum Gasteiger partial charge on any atom is 0.273 e. The van der Waals surface area contributed by atoms with E-state index in [1.54, 1.807) is 13.3 Å². The van der Waals surface area contributed by atoms with E-state index in [2.05, 4.69) is 27.8 Å². The zero-order valence-electron chi connectivity index (χ0n) is 16.4. The molecule has 1 fully saturated rings. The number of amides is 1. The van der Waals surface area contributed by atoms with Gasteiger partial charge in [0, 0.05) is 0 Å². The van der Waals surface area contributed by atoms with Gasteiger partial charge in [-0.3, -0.25) is 4.79 Å². The zero-order chi connectivity index (χ0) is 19.5. The molecular weight excluding hydrogens is 352 g/mol. The van der Waals surface area contributed by atoms with Crippen LogP contribution in [0.4, 0.5) is 0 Å². The lowest BCUT2D eigenvalue weighted by Gasteiger charge is -2.20. The van der Waals surface area contributed by atoms with Gasteiger partial charge in [-0.2, -0.15) is 0 Å². The highest BCUT2D eigenvalue weighted by Crippen LogP contribution is 2.27. The summed E-state index contributed by atoms with van der Waals surface area (Å²) in [6, 6.07) is 12.4. The second kappa shape index (κ2) is 8.00. The highest BCUT2D eigenvalue weighted by Gasteiger charge is 2.20. The Kier molecular flexibility index (Phi) is 5.28. The second-order valence-corrected chi connectivity index (χ2v) is 7.54. The van der Waals surface area contributed by atoms with Gasteiger partial charge in [-0.15, -0.1) is 5.10 Å². The van der Waals surface area contributed by atoms with E-state index >= 15 is 0 Å². The van der Waals surface area contributed by atoms with Crippen LogP contribution >= 0.6 is 0 Å². The van der Waals surface area contributed by atoms with Crippen molar-refractivity contribution in [2.45, 2.75) is 51.1 Å². The minimum absolute atomic E-state index is 0.126. The fourth-order valence-corrected chi connectivity index (χ4v) is 3.90. The van der Waals surface area contributed by atoms with E-state index in [1.807, 2.05) is 35.9 Å². The van der Waals surface area contributed by atoms with E-state index in [1.165, 1.54) is 19.3 Å². The van der Waals surface area contributed by atoms with E-state index < -0.39 is 0 Å². The van der Waals surface area contributed by atoms with Crippen molar-refractivity contribution in [1.82, 2.24) is 20.3 Å². The van der Waals surface area contributed by atoms with Crippen LogP contribution in [0.15, 0.2) is 42.6 Å². The molecule has 2 aromatic carbocycles. The van der Waals surface area contributed by atoms with E-state index in [0.717, 1.165) is 34.9 Å². The number of carbonyl (C=O) groups excluding carboxylic acids is 1. The summed E-state index contributed by atoms with van der Waals surface area (Å²) in [7, 11) is 1.66. The summed E-state index contributed by atoms with van der Waals surface area (Å²) < 4.78 is 7.14. The van der Waals surface area contributed by atoms with Crippen molar-refractivity contribution in [3.63, 3.8) is 0 Å². The summed E-state index contributed by atoms with van der Waals surface area (Å²) >= 11 is 0. The van der Waals surface area contributed by atoms with Crippen LogP contribution in [0.25, 0.3) is 10.8 Å². The Morgan fingerprint density at radius 2 is 1.89 bits per heavy atom. The number of nitrogens with one attached hydrogen (secondary N) is 1. The number of rotatable bonds is 5. The Bertz CT molecular complexity index is 976. The van der Waals surface area contributed by atoms with Crippen LogP contribution in [0.2, 0.25) is 0 Å². The predicted molar refractivity (Wildman–Crippen MR) is 109 cm³/mol. The van der Waals surface area contributed by atoms with Crippen molar-refractivity contribution in [3.8, 4) is 5.75 Å². The molecule has 1 atom stereocenters. The molecule has 1 saturated carbocycles. The molecule has 146 valence electrons. The molecule has 4 rings (SSSR count). The molecule has 0 radical (unpaired) electrons. The van der Waals surface area contributed by atoms with E-state index in [0.29, 0.717) is 11.7 Å². The molecule has 0 aliphatic heterocycles. The van der Waals surface area contributed by atoms with Crippen LogP contribution < -0.4 is 10.1 Å². The van der Waals surface area contributed by atoms with Gasteiger partial charge in [-0.05, 0) is 54.3 Å². The molecule has 1 heterocycles. The number of carbonyl (C=O) groups is 1. The lowest BCUT2D eigenvalue weighted by atomic mass is 9.96. The number of methoxy groups -OCH3 is 1. The number of hydrogen-bond donors (Lipinski definition) is 1. The minimum atomic E-state index is -0.190. The molecule has 0 spiro atoms. The molecule has 0 bridgehead atoms. The molecule has 1 amide bonds.